The van der Waals surface area contributed by atoms with Gasteiger partial charge in [-0.05, 0) is 93.8 Å². The Labute approximate surface area is 184 Å². The number of nitrogens with zero attached hydrogens (tertiary/aromatic N) is 2. The van der Waals surface area contributed by atoms with E-state index in [1.165, 1.54) is 40.8 Å². The van der Waals surface area contributed by atoms with E-state index in [0.29, 0.717) is 25.3 Å². The van der Waals surface area contributed by atoms with Gasteiger partial charge in [-0.2, -0.15) is 0 Å². The SMILES string of the molecule is Cc1ccc(CCC(=O)C2CCN(CC(=O)O)CC2)cc1-c1ccc2c(n1)CCCC2. The number of rotatable bonds is 7. The standard InChI is InChI=1S/C26H32N2O3/c1-18-6-7-19(8-11-25(29)21-12-14-28(15-13-21)17-26(30)31)16-22(18)24-10-9-20-4-2-3-5-23(20)27-24/h6-7,9-10,16,21H,2-5,8,11-15,17H2,1H3,(H,30,31). The third-order valence-electron chi connectivity index (χ3n) is 6.82. The van der Waals surface area contributed by atoms with Gasteiger partial charge in [-0.15, -0.1) is 0 Å². The fourth-order valence-corrected chi connectivity index (χ4v) is 4.91. The van der Waals surface area contributed by atoms with Crippen molar-refractivity contribution in [2.24, 2.45) is 5.92 Å². The zero-order chi connectivity index (χ0) is 21.8. The van der Waals surface area contributed by atoms with Crippen molar-refractivity contribution in [3.8, 4) is 11.3 Å². The maximum Gasteiger partial charge on any atom is 0.317 e. The van der Waals surface area contributed by atoms with Gasteiger partial charge in [0.05, 0.1) is 12.2 Å². The summed E-state index contributed by atoms with van der Waals surface area (Å²) in [6.45, 7) is 3.59. The minimum absolute atomic E-state index is 0.0669. The zero-order valence-corrected chi connectivity index (χ0v) is 18.4. The van der Waals surface area contributed by atoms with Crippen LogP contribution in [0.1, 0.15) is 54.5 Å². The maximum atomic E-state index is 12.7. The number of carbonyl (C=O) groups excluding carboxylic acids is 1. The fraction of sp³-hybridized carbons (Fsp3) is 0.500. The molecule has 4 rings (SSSR count). The van der Waals surface area contributed by atoms with Crippen LogP contribution in [-0.4, -0.2) is 46.4 Å². The largest absolute Gasteiger partial charge is 0.480 e. The highest BCUT2D eigenvalue weighted by Gasteiger charge is 2.25. The Hall–Kier alpha value is -2.53. The normalized spacial score (nSPS) is 17.3. The first-order valence-corrected chi connectivity index (χ1v) is 11.5. The molecule has 1 fully saturated rings. The van der Waals surface area contributed by atoms with Gasteiger partial charge in [-0.3, -0.25) is 19.5 Å². The molecule has 0 amide bonds. The topological polar surface area (TPSA) is 70.5 Å². The highest BCUT2D eigenvalue weighted by atomic mass is 16.4. The Kier molecular flexibility index (Phi) is 6.81. The van der Waals surface area contributed by atoms with Gasteiger partial charge in [0, 0.05) is 23.6 Å². The van der Waals surface area contributed by atoms with Crippen molar-refractivity contribution in [1.29, 1.82) is 0 Å². The molecule has 0 bridgehead atoms. The highest BCUT2D eigenvalue weighted by Crippen LogP contribution is 2.28. The number of aryl methyl sites for hydroxylation is 4. The molecule has 0 atom stereocenters. The number of carbonyl (C=O) groups is 2. The number of Topliss-reactive ketones (excluding diaryl/α,β-unsaturated/α-hetero) is 1. The molecule has 5 nitrogen and oxygen atoms in total. The van der Waals surface area contributed by atoms with Crippen LogP contribution in [0.25, 0.3) is 11.3 Å². The third-order valence-corrected chi connectivity index (χ3v) is 6.82. The van der Waals surface area contributed by atoms with E-state index in [4.69, 9.17) is 10.1 Å². The van der Waals surface area contributed by atoms with Gasteiger partial charge in [-0.25, -0.2) is 0 Å². The molecular weight excluding hydrogens is 388 g/mol. The van der Waals surface area contributed by atoms with Crippen molar-refractivity contribution in [1.82, 2.24) is 9.88 Å². The van der Waals surface area contributed by atoms with Gasteiger partial charge >= 0.3 is 5.97 Å². The van der Waals surface area contributed by atoms with Crippen molar-refractivity contribution in [3.63, 3.8) is 0 Å². The van der Waals surface area contributed by atoms with Gasteiger partial charge in [0.2, 0.25) is 0 Å². The number of carboxylic acids is 1. The molecule has 0 spiro atoms. The lowest BCUT2D eigenvalue weighted by molar-refractivity contribution is -0.138. The quantitative estimate of drug-likeness (QED) is 0.726. The average molecular weight is 421 g/mol. The third kappa shape index (κ3) is 5.40. The zero-order valence-electron chi connectivity index (χ0n) is 18.4. The van der Waals surface area contributed by atoms with Crippen molar-refractivity contribution in [3.05, 3.63) is 52.7 Å². The lowest BCUT2D eigenvalue weighted by Gasteiger charge is -2.30. The van der Waals surface area contributed by atoms with Crippen LogP contribution in [0, 0.1) is 12.8 Å². The number of fused-ring (bicyclic) bond motifs is 1. The number of pyridine rings is 1. The van der Waals surface area contributed by atoms with E-state index < -0.39 is 5.97 Å². The molecule has 2 aromatic rings. The number of aliphatic carboxylic acids is 1. The van der Waals surface area contributed by atoms with Gasteiger partial charge in [0.1, 0.15) is 5.78 Å². The van der Waals surface area contributed by atoms with Crippen LogP contribution in [0.2, 0.25) is 0 Å². The van der Waals surface area contributed by atoms with Gasteiger partial charge in [0.15, 0.2) is 0 Å². The number of hydrogen-bond acceptors (Lipinski definition) is 4. The predicted molar refractivity (Wildman–Crippen MR) is 121 cm³/mol. The second-order valence-corrected chi connectivity index (χ2v) is 9.07. The smallest absolute Gasteiger partial charge is 0.317 e. The molecule has 0 saturated carbocycles. The number of likely N-dealkylation sites (tertiary alicyclic amines) is 1. The van der Waals surface area contributed by atoms with E-state index in [9.17, 15) is 9.59 Å². The van der Waals surface area contributed by atoms with Gasteiger partial charge < -0.3 is 5.11 Å². The first-order valence-electron chi connectivity index (χ1n) is 11.5. The minimum atomic E-state index is -0.798. The number of piperidine rings is 1. The molecule has 2 heterocycles. The molecule has 1 N–H and O–H groups in total. The van der Waals surface area contributed by atoms with Crippen LogP contribution in [0.3, 0.4) is 0 Å². The Morgan fingerprint density at radius 3 is 2.65 bits per heavy atom. The molecule has 31 heavy (non-hydrogen) atoms. The summed E-state index contributed by atoms with van der Waals surface area (Å²) in [6.07, 6.45) is 7.51. The molecule has 0 unspecified atom stereocenters. The van der Waals surface area contributed by atoms with Crippen LogP contribution >= 0.6 is 0 Å². The summed E-state index contributed by atoms with van der Waals surface area (Å²) in [5.74, 6) is -0.422. The second kappa shape index (κ2) is 9.73. The number of aromatic nitrogens is 1. The van der Waals surface area contributed by atoms with E-state index >= 15 is 0 Å². The summed E-state index contributed by atoms with van der Waals surface area (Å²) >= 11 is 0. The summed E-state index contributed by atoms with van der Waals surface area (Å²) in [4.78, 5) is 30.5. The molecule has 1 aliphatic carbocycles. The van der Waals surface area contributed by atoms with Crippen LogP contribution < -0.4 is 0 Å². The van der Waals surface area contributed by atoms with Crippen molar-refractivity contribution in [2.45, 2.75) is 58.3 Å². The summed E-state index contributed by atoms with van der Waals surface area (Å²) in [6, 6.07) is 10.9. The first kappa shape index (κ1) is 21.7. The predicted octanol–water partition coefficient (Wildman–Crippen LogP) is 4.23. The fourth-order valence-electron chi connectivity index (χ4n) is 4.91. The Bertz CT molecular complexity index is 961. The van der Waals surface area contributed by atoms with Crippen LogP contribution in [0.5, 0.6) is 0 Å². The van der Waals surface area contributed by atoms with Crippen LogP contribution in [0.15, 0.2) is 30.3 Å². The number of ketones is 1. The molecule has 164 valence electrons. The maximum absolute atomic E-state index is 12.7. The molecular formula is C26H32N2O3. The lowest BCUT2D eigenvalue weighted by atomic mass is 9.89. The number of benzene rings is 1. The van der Waals surface area contributed by atoms with Crippen molar-refractivity contribution in [2.75, 3.05) is 19.6 Å². The van der Waals surface area contributed by atoms with Crippen molar-refractivity contribution >= 4 is 11.8 Å². The summed E-state index contributed by atoms with van der Waals surface area (Å²) < 4.78 is 0. The molecule has 0 radical (unpaired) electrons. The highest BCUT2D eigenvalue weighted by molar-refractivity contribution is 5.81. The van der Waals surface area contributed by atoms with Crippen molar-refractivity contribution < 1.29 is 14.7 Å². The summed E-state index contributed by atoms with van der Waals surface area (Å²) in [5.41, 5.74) is 7.24. The molecule has 1 saturated heterocycles. The Morgan fingerprint density at radius 1 is 1.10 bits per heavy atom. The molecule has 1 aromatic heterocycles. The monoisotopic (exact) mass is 420 g/mol. The summed E-state index contributed by atoms with van der Waals surface area (Å²) in [5, 5.41) is 8.92. The molecule has 1 aromatic carbocycles. The van der Waals surface area contributed by atoms with E-state index in [0.717, 1.165) is 37.8 Å². The lowest BCUT2D eigenvalue weighted by Crippen LogP contribution is -2.39. The average Bonchev–Trinajstić information content (AvgIpc) is 2.78. The molecule has 1 aliphatic heterocycles. The van der Waals surface area contributed by atoms with E-state index in [-0.39, 0.29) is 12.5 Å². The van der Waals surface area contributed by atoms with Crippen LogP contribution in [0.4, 0.5) is 0 Å². The van der Waals surface area contributed by atoms with E-state index in [1.807, 2.05) is 4.90 Å². The number of carboxylic acid groups (broad SMARTS) is 1. The Morgan fingerprint density at radius 2 is 1.87 bits per heavy atom. The second-order valence-electron chi connectivity index (χ2n) is 9.07. The molecule has 5 heteroatoms. The van der Waals surface area contributed by atoms with Gasteiger partial charge in [0.25, 0.3) is 0 Å². The Balaban J connectivity index is 1.38. The van der Waals surface area contributed by atoms with Crippen LogP contribution in [-0.2, 0) is 28.9 Å². The first-order chi connectivity index (χ1) is 15.0. The van der Waals surface area contributed by atoms with E-state index in [2.05, 4.69) is 37.3 Å². The van der Waals surface area contributed by atoms with E-state index in [1.54, 1.807) is 0 Å². The number of hydrogen-bond donors (Lipinski definition) is 1. The summed E-state index contributed by atoms with van der Waals surface area (Å²) in [7, 11) is 0. The molecule has 2 aliphatic rings. The van der Waals surface area contributed by atoms with Gasteiger partial charge in [-0.1, -0.05) is 18.2 Å². The minimum Gasteiger partial charge on any atom is -0.480 e.